The van der Waals surface area contributed by atoms with Crippen molar-refractivity contribution in [3.8, 4) is 11.1 Å². The van der Waals surface area contributed by atoms with E-state index in [1.165, 1.54) is 6.08 Å². The van der Waals surface area contributed by atoms with Crippen molar-refractivity contribution in [2.24, 2.45) is 5.73 Å². The zero-order valence-corrected chi connectivity index (χ0v) is 13.1. The summed E-state index contributed by atoms with van der Waals surface area (Å²) in [5.41, 5.74) is 10.1. The molecule has 0 radical (unpaired) electrons. The van der Waals surface area contributed by atoms with E-state index in [0.717, 1.165) is 22.4 Å². The molecule has 0 bridgehead atoms. The van der Waals surface area contributed by atoms with Crippen molar-refractivity contribution in [1.29, 1.82) is 0 Å². The first kappa shape index (κ1) is 15.6. The number of amides is 1. The molecular formula is C21H18N2O. The van der Waals surface area contributed by atoms with E-state index in [2.05, 4.69) is 23.5 Å². The van der Waals surface area contributed by atoms with E-state index in [0.29, 0.717) is 5.70 Å². The van der Waals surface area contributed by atoms with Crippen molar-refractivity contribution in [2.45, 2.75) is 0 Å². The van der Waals surface area contributed by atoms with Gasteiger partial charge in [-0.1, -0.05) is 72.8 Å². The van der Waals surface area contributed by atoms with Gasteiger partial charge in [0.2, 0.25) is 5.91 Å². The van der Waals surface area contributed by atoms with Gasteiger partial charge in [-0.25, -0.2) is 0 Å². The molecule has 24 heavy (non-hydrogen) atoms. The van der Waals surface area contributed by atoms with Crippen molar-refractivity contribution in [2.75, 3.05) is 5.32 Å². The van der Waals surface area contributed by atoms with E-state index in [9.17, 15) is 4.79 Å². The number of primary amides is 1. The minimum absolute atomic E-state index is 0.486. The SMILES string of the molecule is NC(=O)/C=C(\Nc1cccc(-c2ccccc2)c1)c1ccccc1. The van der Waals surface area contributed by atoms with Gasteiger partial charge in [-0.05, 0) is 28.8 Å². The molecule has 0 aliphatic rings. The predicted octanol–water partition coefficient (Wildman–Crippen LogP) is 4.29. The molecule has 3 rings (SSSR count). The average molecular weight is 314 g/mol. The van der Waals surface area contributed by atoms with Crippen LogP contribution in [0.15, 0.2) is 91.0 Å². The van der Waals surface area contributed by atoms with Crippen molar-refractivity contribution in [3.63, 3.8) is 0 Å². The predicted molar refractivity (Wildman–Crippen MR) is 99.1 cm³/mol. The van der Waals surface area contributed by atoms with Crippen LogP contribution in [0.1, 0.15) is 5.56 Å². The fourth-order valence-electron chi connectivity index (χ4n) is 2.51. The number of benzene rings is 3. The van der Waals surface area contributed by atoms with Gasteiger partial charge in [-0.2, -0.15) is 0 Å². The van der Waals surface area contributed by atoms with Crippen LogP contribution in [0.25, 0.3) is 16.8 Å². The summed E-state index contributed by atoms with van der Waals surface area (Å²) in [6, 6.07) is 27.8. The van der Waals surface area contributed by atoms with Crippen LogP contribution < -0.4 is 11.1 Å². The van der Waals surface area contributed by atoms with E-state index in [1.54, 1.807) is 0 Å². The summed E-state index contributed by atoms with van der Waals surface area (Å²) in [7, 11) is 0. The molecule has 0 fully saturated rings. The van der Waals surface area contributed by atoms with E-state index < -0.39 is 5.91 Å². The lowest BCUT2D eigenvalue weighted by Gasteiger charge is -2.12. The molecule has 0 spiro atoms. The summed E-state index contributed by atoms with van der Waals surface area (Å²) in [4.78, 5) is 11.4. The Balaban J connectivity index is 1.92. The highest BCUT2D eigenvalue weighted by Gasteiger charge is 2.05. The lowest BCUT2D eigenvalue weighted by atomic mass is 10.0. The minimum Gasteiger partial charge on any atom is -0.366 e. The highest BCUT2D eigenvalue weighted by molar-refractivity contribution is 5.96. The highest BCUT2D eigenvalue weighted by Crippen LogP contribution is 2.25. The third-order valence-corrected chi connectivity index (χ3v) is 3.62. The van der Waals surface area contributed by atoms with Crippen molar-refractivity contribution < 1.29 is 4.79 Å². The maximum absolute atomic E-state index is 11.4. The molecule has 0 atom stereocenters. The van der Waals surface area contributed by atoms with Gasteiger partial charge < -0.3 is 11.1 Å². The summed E-state index contributed by atoms with van der Waals surface area (Å²) < 4.78 is 0. The molecule has 0 saturated carbocycles. The zero-order chi connectivity index (χ0) is 16.8. The second-order valence-corrected chi connectivity index (χ2v) is 5.40. The Labute approximate surface area is 141 Å². The van der Waals surface area contributed by atoms with Gasteiger partial charge in [0, 0.05) is 11.8 Å². The van der Waals surface area contributed by atoms with Crippen LogP contribution >= 0.6 is 0 Å². The quantitative estimate of drug-likeness (QED) is 0.690. The van der Waals surface area contributed by atoms with Gasteiger partial charge in [-0.15, -0.1) is 0 Å². The fourth-order valence-corrected chi connectivity index (χ4v) is 2.51. The molecule has 3 heteroatoms. The van der Waals surface area contributed by atoms with Gasteiger partial charge in [0.25, 0.3) is 0 Å². The molecule has 3 N–H and O–H groups in total. The number of carbonyl (C=O) groups excluding carboxylic acids is 1. The average Bonchev–Trinajstić information content (AvgIpc) is 2.62. The first-order valence-electron chi connectivity index (χ1n) is 7.71. The molecule has 0 aliphatic carbocycles. The van der Waals surface area contributed by atoms with Crippen molar-refractivity contribution in [1.82, 2.24) is 0 Å². The number of carbonyl (C=O) groups is 1. The smallest absolute Gasteiger partial charge is 0.243 e. The Morgan fingerprint density at radius 3 is 2.08 bits per heavy atom. The number of anilines is 1. The molecule has 118 valence electrons. The number of rotatable bonds is 5. The van der Waals surface area contributed by atoms with Crippen LogP contribution in [-0.2, 0) is 4.79 Å². The molecule has 1 amide bonds. The maximum atomic E-state index is 11.4. The maximum Gasteiger partial charge on any atom is 0.243 e. The third-order valence-electron chi connectivity index (χ3n) is 3.62. The van der Waals surface area contributed by atoms with E-state index in [-0.39, 0.29) is 0 Å². The second-order valence-electron chi connectivity index (χ2n) is 5.40. The second kappa shape index (κ2) is 7.29. The van der Waals surface area contributed by atoms with Crippen molar-refractivity contribution in [3.05, 3.63) is 96.6 Å². The lowest BCUT2D eigenvalue weighted by molar-refractivity contribution is -0.113. The van der Waals surface area contributed by atoms with Gasteiger partial charge in [0.1, 0.15) is 0 Å². The van der Waals surface area contributed by atoms with Crippen LogP contribution in [0, 0.1) is 0 Å². The van der Waals surface area contributed by atoms with Crippen LogP contribution in [0.3, 0.4) is 0 Å². The number of hydrogen-bond acceptors (Lipinski definition) is 2. The number of hydrogen-bond donors (Lipinski definition) is 2. The Hall–Kier alpha value is -3.33. The zero-order valence-electron chi connectivity index (χ0n) is 13.1. The monoisotopic (exact) mass is 314 g/mol. The Morgan fingerprint density at radius 1 is 0.792 bits per heavy atom. The summed E-state index contributed by atoms with van der Waals surface area (Å²) in [5.74, 6) is -0.486. The Morgan fingerprint density at radius 2 is 1.42 bits per heavy atom. The van der Waals surface area contributed by atoms with Gasteiger partial charge >= 0.3 is 0 Å². The summed E-state index contributed by atoms with van der Waals surface area (Å²) in [6.45, 7) is 0. The fraction of sp³-hybridized carbons (Fsp3) is 0. The molecule has 3 aromatic carbocycles. The molecule has 3 nitrogen and oxygen atoms in total. The Kier molecular flexibility index (Phi) is 4.73. The lowest BCUT2D eigenvalue weighted by Crippen LogP contribution is -2.10. The molecule has 0 aromatic heterocycles. The topological polar surface area (TPSA) is 55.1 Å². The van der Waals surface area contributed by atoms with Gasteiger partial charge in [0.05, 0.1) is 5.70 Å². The van der Waals surface area contributed by atoms with Crippen LogP contribution in [0.5, 0.6) is 0 Å². The molecular weight excluding hydrogens is 296 g/mol. The Bertz CT molecular complexity index is 855. The van der Waals surface area contributed by atoms with Gasteiger partial charge in [-0.3, -0.25) is 4.79 Å². The van der Waals surface area contributed by atoms with E-state index >= 15 is 0 Å². The molecule has 0 heterocycles. The largest absolute Gasteiger partial charge is 0.366 e. The molecule has 0 unspecified atom stereocenters. The summed E-state index contributed by atoms with van der Waals surface area (Å²) in [5, 5.41) is 3.30. The number of nitrogens with one attached hydrogen (secondary N) is 1. The molecule has 0 aliphatic heterocycles. The summed E-state index contributed by atoms with van der Waals surface area (Å²) >= 11 is 0. The minimum atomic E-state index is -0.486. The van der Waals surface area contributed by atoms with Crippen LogP contribution in [-0.4, -0.2) is 5.91 Å². The molecule has 3 aromatic rings. The standard InChI is InChI=1S/C21H18N2O/c22-21(24)15-20(17-10-5-2-6-11-17)23-19-13-7-12-18(14-19)16-8-3-1-4-9-16/h1-15,23H,(H2,22,24)/b20-15-. The number of nitrogens with two attached hydrogens (primary N) is 1. The van der Waals surface area contributed by atoms with Crippen molar-refractivity contribution >= 4 is 17.3 Å². The van der Waals surface area contributed by atoms with E-state index in [4.69, 9.17) is 5.73 Å². The van der Waals surface area contributed by atoms with Crippen LogP contribution in [0.4, 0.5) is 5.69 Å². The highest BCUT2D eigenvalue weighted by atomic mass is 16.1. The van der Waals surface area contributed by atoms with Gasteiger partial charge in [0.15, 0.2) is 0 Å². The normalized spacial score (nSPS) is 11.1. The third kappa shape index (κ3) is 3.90. The van der Waals surface area contributed by atoms with E-state index in [1.807, 2.05) is 66.7 Å². The molecule has 0 saturated heterocycles. The first-order valence-corrected chi connectivity index (χ1v) is 7.71. The summed E-state index contributed by atoms with van der Waals surface area (Å²) in [6.07, 6.45) is 1.41. The first-order chi connectivity index (χ1) is 11.7. The van der Waals surface area contributed by atoms with Crippen LogP contribution in [0.2, 0.25) is 0 Å².